The Morgan fingerprint density at radius 3 is 2.64 bits per heavy atom. The Labute approximate surface area is 214 Å². The lowest BCUT2D eigenvalue weighted by Crippen LogP contribution is -2.41. The lowest BCUT2D eigenvalue weighted by Gasteiger charge is -2.28. The van der Waals surface area contributed by atoms with Crippen molar-refractivity contribution in [2.75, 3.05) is 25.0 Å². The van der Waals surface area contributed by atoms with Crippen LogP contribution in [-0.2, 0) is 7.05 Å². The molecule has 2 aliphatic carbocycles. The van der Waals surface area contributed by atoms with Crippen LogP contribution < -0.4 is 5.32 Å². The first-order valence-electron chi connectivity index (χ1n) is 12.6. The van der Waals surface area contributed by atoms with E-state index >= 15 is 0 Å². The number of fused-ring (bicyclic) bond motifs is 3. The van der Waals surface area contributed by atoms with E-state index < -0.39 is 17.0 Å². The molecule has 1 aromatic heterocycles. The smallest absolute Gasteiger partial charge is 0.274 e. The van der Waals surface area contributed by atoms with Crippen molar-refractivity contribution in [3.63, 3.8) is 0 Å². The number of halogens is 2. The highest BCUT2D eigenvalue weighted by atomic mass is 35.5. The van der Waals surface area contributed by atoms with Crippen molar-refractivity contribution >= 4 is 23.2 Å². The number of aliphatic hydroxyl groups is 2. The maximum Gasteiger partial charge on any atom is 0.274 e. The molecule has 2 bridgehead atoms. The van der Waals surface area contributed by atoms with Gasteiger partial charge in [-0.15, -0.1) is 0 Å². The van der Waals surface area contributed by atoms with Gasteiger partial charge < -0.3 is 20.1 Å². The largest absolute Gasteiger partial charge is 0.378 e. The quantitative estimate of drug-likeness (QED) is 0.550. The fourth-order valence-electron chi connectivity index (χ4n) is 6.98. The maximum atomic E-state index is 13.5. The van der Waals surface area contributed by atoms with Gasteiger partial charge in [0, 0.05) is 37.7 Å². The Hall–Kier alpha value is -2.44. The molecule has 5 unspecified atom stereocenters. The first-order chi connectivity index (χ1) is 17.1. The van der Waals surface area contributed by atoms with E-state index in [1.165, 1.54) is 18.2 Å². The zero-order chi connectivity index (χ0) is 25.2. The number of carbonyl (C=O) groups is 1. The van der Waals surface area contributed by atoms with Crippen LogP contribution in [0.15, 0.2) is 24.5 Å². The van der Waals surface area contributed by atoms with Crippen LogP contribution in [0.5, 0.6) is 0 Å². The number of piperidine rings is 1. The van der Waals surface area contributed by atoms with Crippen LogP contribution in [0.2, 0.25) is 5.02 Å². The summed E-state index contributed by atoms with van der Waals surface area (Å²) in [5, 5.41) is 24.9. The van der Waals surface area contributed by atoms with E-state index in [1.54, 1.807) is 17.9 Å². The second-order valence-corrected chi connectivity index (χ2v) is 11.6. The molecule has 5 atom stereocenters. The number of amides is 1. The summed E-state index contributed by atoms with van der Waals surface area (Å²) >= 11 is 5.86. The second-order valence-electron chi connectivity index (χ2n) is 11.2. The number of rotatable bonds is 3. The lowest BCUT2D eigenvalue weighted by molar-refractivity contribution is 0.0481. The molecule has 6 rings (SSSR count). The van der Waals surface area contributed by atoms with E-state index in [1.807, 2.05) is 0 Å². The van der Waals surface area contributed by atoms with E-state index in [-0.39, 0.29) is 22.8 Å². The topological polar surface area (TPSA) is 90.6 Å². The van der Waals surface area contributed by atoms with Crippen molar-refractivity contribution in [1.29, 1.82) is 0 Å². The van der Waals surface area contributed by atoms with E-state index in [4.69, 9.17) is 11.6 Å². The second kappa shape index (κ2) is 8.56. The molecule has 36 heavy (non-hydrogen) atoms. The van der Waals surface area contributed by atoms with Gasteiger partial charge in [-0.25, -0.2) is 9.37 Å². The Balaban J connectivity index is 1.14. The fourth-order valence-corrected chi connectivity index (χ4v) is 7.16. The van der Waals surface area contributed by atoms with E-state index in [0.29, 0.717) is 42.6 Å². The normalized spacial score (nSPS) is 36.5. The molecule has 3 heterocycles. The molecular weight excluding hydrogens is 483 g/mol. The predicted molar refractivity (Wildman–Crippen MR) is 133 cm³/mol. The molecular formula is C27H30ClFN4O3. The lowest BCUT2D eigenvalue weighted by atomic mass is 9.86. The van der Waals surface area contributed by atoms with E-state index in [2.05, 4.69) is 27.0 Å². The highest BCUT2D eigenvalue weighted by Gasteiger charge is 2.51. The van der Waals surface area contributed by atoms with E-state index in [0.717, 1.165) is 38.0 Å². The third kappa shape index (κ3) is 4.12. The summed E-state index contributed by atoms with van der Waals surface area (Å²) in [4.78, 5) is 19.9. The summed E-state index contributed by atoms with van der Waals surface area (Å²) in [6, 6.07) is 4.08. The third-order valence-corrected chi connectivity index (χ3v) is 9.00. The number of nitrogens with zero attached hydrogens (tertiary/aromatic N) is 3. The summed E-state index contributed by atoms with van der Waals surface area (Å²) in [6.07, 6.45) is 5.42. The Morgan fingerprint density at radius 2 is 2.00 bits per heavy atom. The van der Waals surface area contributed by atoms with Gasteiger partial charge in [0.1, 0.15) is 22.7 Å². The van der Waals surface area contributed by atoms with Crippen molar-refractivity contribution in [2.24, 2.45) is 24.8 Å². The molecule has 2 aromatic rings. The predicted octanol–water partition coefficient (Wildman–Crippen LogP) is 3.17. The van der Waals surface area contributed by atoms with Crippen molar-refractivity contribution in [3.05, 3.63) is 46.8 Å². The SMILES string of the molecule is Cn1cnc(C2CC3CC(O)(C#CC4(O)CN5CCC4C5)CC3C2)c1C(=O)Nc1ccc(F)c(Cl)c1. The molecule has 4 aliphatic rings. The van der Waals surface area contributed by atoms with Crippen LogP contribution in [-0.4, -0.2) is 61.4 Å². The van der Waals surface area contributed by atoms with Gasteiger partial charge in [-0.2, -0.15) is 0 Å². The average Bonchev–Trinajstić information content (AvgIpc) is 3.61. The minimum absolute atomic E-state index is 0.0534. The summed E-state index contributed by atoms with van der Waals surface area (Å²) in [5.41, 5.74) is -0.431. The van der Waals surface area contributed by atoms with Crippen LogP contribution in [0, 0.1) is 35.4 Å². The molecule has 2 saturated heterocycles. The summed E-state index contributed by atoms with van der Waals surface area (Å²) in [5.74, 6) is 6.18. The third-order valence-electron chi connectivity index (χ3n) is 8.71. The van der Waals surface area contributed by atoms with Gasteiger partial charge >= 0.3 is 0 Å². The van der Waals surface area contributed by atoms with Gasteiger partial charge in [0.05, 0.1) is 17.0 Å². The minimum Gasteiger partial charge on any atom is -0.378 e. The number of aryl methyl sites for hydroxylation is 1. The molecule has 9 heteroatoms. The maximum absolute atomic E-state index is 13.5. The molecule has 0 radical (unpaired) electrons. The highest BCUT2D eigenvalue weighted by molar-refractivity contribution is 6.31. The fraction of sp³-hybridized carbons (Fsp3) is 0.556. The van der Waals surface area contributed by atoms with E-state index in [9.17, 15) is 19.4 Å². The summed E-state index contributed by atoms with van der Waals surface area (Å²) in [6.45, 7) is 2.49. The molecule has 3 N–H and O–H groups in total. The molecule has 7 nitrogen and oxygen atoms in total. The molecule has 1 aromatic carbocycles. The average molecular weight is 513 g/mol. The molecule has 2 saturated carbocycles. The van der Waals surface area contributed by atoms with Crippen molar-refractivity contribution in [2.45, 2.75) is 49.2 Å². The summed E-state index contributed by atoms with van der Waals surface area (Å²) < 4.78 is 15.2. The van der Waals surface area contributed by atoms with Gasteiger partial charge in [-0.3, -0.25) is 9.69 Å². The minimum atomic E-state index is -1.07. The van der Waals surface area contributed by atoms with Gasteiger partial charge in [0.25, 0.3) is 5.91 Å². The van der Waals surface area contributed by atoms with Crippen LogP contribution in [0.3, 0.4) is 0 Å². The van der Waals surface area contributed by atoms with Gasteiger partial charge in [0.15, 0.2) is 0 Å². The van der Waals surface area contributed by atoms with Gasteiger partial charge in [-0.1, -0.05) is 23.4 Å². The van der Waals surface area contributed by atoms with Crippen LogP contribution in [0.4, 0.5) is 10.1 Å². The van der Waals surface area contributed by atoms with Gasteiger partial charge in [0.2, 0.25) is 0 Å². The molecule has 190 valence electrons. The number of imidazole rings is 1. The van der Waals surface area contributed by atoms with Crippen LogP contribution >= 0.6 is 11.6 Å². The number of nitrogens with one attached hydrogen (secondary N) is 1. The van der Waals surface area contributed by atoms with Crippen molar-refractivity contribution in [1.82, 2.24) is 14.5 Å². The highest BCUT2D eigenvalue weighted by Crippen LogP contribution is 2.54. The zero-order valence-corrected chi connectivity index (χ0v) is 20.9. The van der Waals surface area contributed by atoms with Crippen LogP contribution in [0.1, 0.15) is 54.2 Å². The number of aromatic nitrogens is 2. The Morgan fingerprint density at radius 1 is 1.25 bits per heavy atom. The molecule has 0 spiro atoms. The molecule has 2 aliphatic heterocycles. The number of benzene rings is 1. The first-order valence-corrected chi connectivity index (χ1v) is 13.0. The van der Waals surface area contributed by atoms with Crippen molar-refractivity contribution < 1.29 is 19.4 Å². The Kier molecular flexibility index (Phi) is 5.69. The van der Waals surface area contributed by atoms with Gasteiger partial charge in [-0.05, 0) is 68.7 Å². The monoisotopic (exact) mass is 512 g/mol. The number of hydrogen-bond donors (Lipinski definition) is 3. The molecule has 1 amide bonds. The van der Waals surface area contributed by atoms with Crippen molar-refractivity contribution in [3.8, 4) is 11.8 Å². The first kappa shape index (κ1) is 23.9. The standard InChI is InChI=1S/C27H30ClFN4O3/c1-32-15-30-23(24(32)25(34)31-20-2-3-22(29)21(28)10-20)16-8-17-11-26(35,12-18(17)9-16)5-6-27(36)14-33-7-4-19(27)13-33/h2-3,10,15-19,35-36H,4,7-9,11-14H2,1H3,(H,31,34). The number of carbonyl (C=O) groups excluding carboxylic acids is 1. The number of anilines is 1. The molecule has 4 fully saturated rings. The van der Waals surface area contributed by atoms with Crippen LogP contribution in [0.25, 0.3) is 0 Å². The zero-order valence-electron chi connectivity index (χ0n) is 20.2. The summed E-state index contributed by atoms with van der Waals surface area (Å²) in [7, 11) is 1.78. The number of hydrogen-bond acceptors (Lipinski definition) is 5. The Bertz CT molecular complexity index is 1270.